The van der Waals surface area contributed by atoms with Crippen molar-refractivity contribution in [3.8, 4) is 0 Å². The highest BCUT2D eigenvalue weighted by molar-refractivity contribution is 5.17. The third-order valence-corrected chi connectivity index (χ3v) is 2.79. The summed E-state index contributed by atoms with van der Waals surface area (Å²) in [5.74, 6) is -0.157. The van der Waals surface area contributed by atoms with Crippen LogP contribution in [0.3, 0.4) is 0 Å². The van der Waals surface area contributed by atoms with Crippen LogP contribution in [0.2, 0.25) is 0 Å². The number of imidazole rings is 1. The number of rotatable bonds is 4. The van der Waals surface area contributed by atoms with Crippen molar-refractivity contribution in [3.05, 3.63) is 53.9 Å². The van der Waals surface area contributed by atoms with E-state index in [0.717, 1.165) is 11.3 Å². The minimum atomic E-state index is -0.157. The quantitative estimate of drug-likeness (QED) is 0.880. The average Bonchev–Trinajstić information content (AvgIpc) is 2.76. The summed E-state index contributed by atoms with van der Waals surface area (Å²) < 4.78 is 15.4. The molecule has 0 saturated heterocycles. The van der Waals surface area contributed by atoms with Gasteiger partial charge in [0.15, 0.2) is 0 Å². The summed E-state index contributed by atoms with van der Waals surface area (Å²) >= 11 is 0. The first-order valence-corrected chi connectivity index (χ1v) is 5.67. The van der Waals surface area contributed by atoms with E-state index in [1.54, 1.807) is 24.7 Å². The maximum Gasteiger partial charge on any atom is 0.126 e. The molecule has 0 fully saturated rings. The van der Waals surface area contributed by atoms with Crippen molar-refractivity contribution in [2.75, 3.05) is 0 Å². The van der Waals surface area contributed by atoms with Gasteiger partial charge in [0.25, 0.3) is 0 Å². The second kappa shape index (κ2) is 5.10. The van der Waals surface area contributed by atoms with Crippen LogP contribution >= 0.6 is 0 Å². The first-order valence-electron chi connectivity index (χ1n) is 5.67. The molecular weight excluding hydrogens is 217 g/mol. The first-order chi connectivity index (χ1) is 8.18. The monoisotopic (exact) mass is 233 g/mol. The van der Waals surface area contributed by atoms with Crippen LogP contribution in [0, 0.1) is 5.82 Å². The number of nitrogens with zero attached hydrogens (tertiary/aromatic N) is 2. The number of benzene rings is 1. The molecule has 90 valence electrons. The Labute approximate surface area is 100 Å². The van der Waals surface area contributed by atoms with Gasteiger partial charge in [0, 0.05) is 18.8 Å². The molecule has 0 radical (unpaired) electrons. The van der Waals surface area contributed by atoms with Crippen LogP contribution in [0.5, 0.6) is 0 Å². The Morgan fingerprint density at radius 3 is 2.88 bits per heavy atom. The summed E-state index contributed by atoms with van der Waals surface area (Å²) in [4.78, 5) is 4.07. The van der Waals surface area contributed by atoms with Gasteiger partial charge in [-0.15, -0.1) is 0 Å². The van der Waals surface area contributed by atoms with Gasteiger partial charge in [-0.3, -0.25) is 0 Å². The first kappa shape index (κ1) is 11.8. The van der Waals surface area contributed by atoms with Gasteiger partial charge in [0.1, 0.15) is 5.82 Å². The normalized spacial score (nSPS) is 12.6. The predicted molar refractivity (Wildman–Crippen MR) is 64.9 cm³/mol. The van der Waals surface area contributed by atoms with Gasteiger partial charge in [-0.25, -0.2) is 9.37 Å². The molecule has 4 heteroatoms. The lowest BCUT2D eigenvalue weighted by Gasteiger charge is -2.10. The second-order valence-electron chi connectivity index (χ2n) is 4.14. The summed E-state index contributed by atoms with van der Waals surface area (Å²) in [6.07, 6.45) is 4.13. The van der Waals surface area contributed by atoms with Gasteiger partial charge in [-0.2, -0.15) is 0 Å². The lowest BCUT2D eigenvalue weighted by atomic mass is 10.1. The Kier molecular flexibility index (Phi) is 3.54. The van der Waals surface area contributed by atoms with Crippen LogP contribution in [0.25, 0.3) is 0 Å². The van der Waals surface area contributed by atoms with Crippen LogP contribution in [-0.2, 0) is 13.0 Å². The number of aryl methyl sites for hydroxylation is 2. The predicted octanol–water partition coefficient (Wildman–Crippen LogP) is 2.28. The minimum absolute atomic E-state index is 0.0573. The highest BCUT2D eigenvalue weighted by atomic mass is 19.1. The van der Waals surface area contributed by atoms with E-state index in [2.05, 4.69) is 4.98 Å². The molecule has 17 heavy (non-hydrogen) atoms. The molecule has 3 nitrogen and oxygen atoms in total. The number of aromatic nitrogens is 2. The van der Waals surface area contributed by atoms with E-state index < -0.39 is 0 Å². The fourth-order valence-electron chi connectivity index (χ4n) is 1.84. The third-order valence-electron chi connectivity index (χ3n) is 2.79. The standard InChI is InChI=1S/C13H16FN3/c1-10(15)13-8-16-9-17(13)7-6-11-4-2-3-5-12(11)14/h2-5,8-10H,6-7,15H2,1H3. The van der Waals surface area contributed by atoms with Crippen LogP contribution in [0.4, 0.5) is 4.39 Å². The van der Waals surface area contributed by atoms with Crippen molar-refractivity contribution in [2.24, 2.45) is 5.73 Å². The highest BCUT2D eigenvalue weighted by Gasteiger charge is 2.07. The number of hydrogen-bond donors (Lipinski definition) is 1. The lowest BCUT2D eigenvalue weighted by molar-refractivity contribution is 0.580. The molecule has 2 N–H and O–H groups in total. The molecule has 2 rings (SSSR count). The molecule has 1 unspecified atom stereocenters. The van der Waals surface area contributed by atoms with Crippen molar-refractivity contribution in [1.82, 2.24) is 9.55 Å². The third kappa shape index (κ3) is 2.71. The summed E-state index contributed by atoms with van der Waals surface area (Å²) in [6.45, 7) is 2.61. The topological polar surface area (TPSA) is 43.8 Å². The van der Waals surface area contributed by atoms with E-state index >= 15 is 0 Å². The zero-order valence-corrected chi connectivity index (χ0v) is 9.81. The molecule has 2 aromatic rings. The van der Waals surface area contributed by atoms with E-state index in [-0.39, 0.29) is 11.9 Å². The molecule has 0 aliphatic heterocycles. The fourth-order valence-corrected chi connectivity index (χ4v) is 1.84. The van der Waals surface area contributed by atoms with E-state index in [0.29, 0.717) is 13.0 Å². The van der Waals surface area contributed by atoms with E-state index in [4.69, 9.17) is 5.73 Å². The Morgan fingerprint density at radius 2 is 2.18 bits per heavy atom. The SMILES string of the molecule is CC(N)c1cncn1CCc1ccccc1F. The van der Waals surface area contributed by atoms with Crippen LogP contribution < -0.4 is 5.73 Å². The maximum atomic E-state index is 13.4. The molecule has 0 saturated carbocycles. The summed E-state index contributed by atoms with van der Waals surface area (Å²) in [5.41, 5.74) is 7.52. The number of nitrogens with two attached hydrogens (primary N) is 1. The minimum Gasteiger partial charge on any atom is -0.333 e. The molecular formula is C13H16FN3. The van der Waals surface area contributed by atoms with Crippen molar-refractivity contribution in [3.63, 3.8) is 0 Å². The Morgan fingerprint density at radius 1 is 1.41 bits per heavy atom. The Balaban J connectivity index is 2.08. The van der Waals surface area contributed by atoms with Crippen molar-refractivity contribution in [2.45, 2.75) is 25.9 Å². The van der Waals surface area contributed by atoms with Gasteiger partial charge in [0.05, 0.1) is 12.0 Å². The molecule has 1 aromatic heterocycles. The number of hydrogen-bond acceptors (Lipinski definition) is 2. The van der Waals surface area contributed by atoms with Crippen LogP contribution in [0.15, 0.2) is 36.8 Å². The average molecular weight is 233 g/mol. The fraction of sp³-hybridized carbons (Fsp3) is 0.308. The lowest BCUT2D eigenvalue weighted by Crippen LogP contribution is -2.13. The van der Waals surface area contributed by atoms with Gasteiger partial charge in [0.2, 0.25) is 0 Å². The zero-order valence-electron chi connectivity index (χ0n) is 9.81. The smallest absolute Gasteiger partial charge is 0.126 e. The zero-order chi connectivity index (χ0) is 12.3. The summed E-state index contributed by atoms with van der Waals surface area (Å²) in [7, 11) is 0. The molecule has 0 bridgehead atoms. The van der Waals surface area contributed by atoms with Crippen LogP contribution in [-0.4, -0.2) is 9.55 Å². The molecule has 1 aromatic carbocycles. The van der Waals surface area contributed by atoms with Gasteiger partial charge < -0.3 is 10.3 Å². The number of halogens is 1. The van der Waals surface area contributed by atoms with Crippen LogP contribution in [0.1, 0.15) is 24.2 Å². The van der Waals surface area contributed by atoms with E-state index in [9.17, 15) is 4.39 Å². The largest absolute Gasteiger partial charge is 0.333 e. The summed E-state index contributed by atoms with van der Waals surface area (Å²) in [6, 6.07) is 6.77. The highest BCUT2D eigenvalue weighted by Crippen LogP contribution is 2.12. The van der Waals surface area contributed by atoms with E-state index in [1.165, 1.54) is 6.07 Å². The molecule has 0 aliphatic rings. The summed E-state index contributed by atoms with van der Waals surface area (Å²) in [5, 5.41) is 0. The van der Waals surface area contributed by atoms with Crippen molar-refractivity contribution >= 4 is 0 Å². The Bertz CT molecular complexity index is 491. The van der Waals surface area contributed by atoms with Gasteiger partial charge in [-0.1, -0.05) is 18.2 Å². The molecule has 0 spiro atoms. The van der Waals surface area contributed by atoms with Gasteiger partial charge in [-0.05, 0) is 25.0 Å². The van der Waals surface area contributed by atoms with Crippen molar-refractivity contribution in [1.29, 1.82) is 0 Å². The van der Waals surface area contributed by atoms with Crippen molar-refractivity contribution < 1.29 is 4.39 Å². The van der Waals surface area contributed by atoms with Gasteiger partial charge >= 0.3 is 0 Å². The molecule has 0 amide bonds. The Hall–Kier alpha value is -1.68. The second-order valence-corrected chi connectivity index (χ2v) is 4.14. The van der Waals surface area contributed by atoms with E-state index in [1.807, 2.05) is 17.6 Å². The molecule has 0 aliphatic carbocycles. The molecule has 1 atom stereocenters. The maximum absolute atomic E-state index is 13.4. The molecule has 1 heterocycles.